The molecule has 8 heteroatoms. The van der Waals surface area contributed by atoms with Gasteiger partial charge in [-0.15, -0.1) is 0 Å². The molecule has 5 nitrogen and oxygen atoms in total. The second kappa shape index (κ2) is 5.13. The number of imidazole rings is 1. The Balaban J connectivity index is 1.72. The summed E-state index contributed by atoms with van der Waals surface area (Å²) < 4.78 is 39.8. The lowest BCUT2D eigenvalue weighted by atomic mass is 10.0. The van der Waals surface area contributed by atoms with Gasteiger partial charge in [-0.25, -0.2) is 4.98 Å². The molecular formula is C14H12F3N3O2. The maximum atomic E-state index is 12.7. The molecule has 1 aliphatic heterocycles. The van der Waals surface area contributed by atoms with Crippen molar-refractivity contribution in [1.29, 1.82) is 0 Å². The van der Waals surface area contributed by atoms with Crippen LogP contribution in [0, 0.1) is 0 Å². The van der Waals surface area contributed by atoms with Gasteiger partial charge in [-0.2, -0.15) is 13.2 Å². The molecule has 1 atom stereocenters. The SMILES string of the molecule is OC1(C(F)(F)F)CC(c2ccc(Cn3ccnc3)cc2)=NO1. The summed E-state index contributed by atoms with van der Waals surface area (Å²) in [5.41, 5.74) is 1.51. The predicted octanol–water partition coefficient (Wildman–Crippen LogP) is 2.31. The second-order valence-corrected chi connectivity index (χ2v) is 5.02. The van der Waals surface area contributed by atoms with E-state index in [0.717, 1.165) is 5.56 Å². The average Bonchev–Trinajstić information content (AvgIpc) is 3.09. The highest BCUT2D eigenvalue weighted by Crippen LogP contribution is 2.38. The summed E-state index contributed by atoms with van der Waals surface area (Å²) in [5.74, 6) is -3.24. The summed E-state index contributed by atoms with van der Waals surface area (Å²) in [6, 6.07) is 6.86. The molecule has 0 saturated heterocycles. The Morgan fingerprint density at radius 2 is 2.00 bits per heavy atom. The van der Waals surface area contributed by atoms with Gasteiger partial charge in [0.1, 0.15) is 0 Å². The monoisotopic (exact) mass is 311 g/mol. The number of hydrogen-bond donors (Lipinski definition) is 1. The van der Waals surface area contributed by atoms with E-state index in [1.807, 2.05) is 10.8 Å². The highest BCUT2D eigenvalue weighted by molar-refractivity contribution is 6.01. The van der Waals surface area contributed by atoms with Crippen LogP contribution in [0.4, 0.5) is 13.2 Å². The number of rotatable bonds is 3. The molecule has 0 saturated carbocycles. The van der Waals surface area contributed by atoms with Crippen molar-refractivity contribution in [3.05, 3.63) is 54.1 Å². The normalized spacial score (nSPS) is 21.5. The minimum absolute atomic E-state index is 0.0639. The van der Waals surface area contributed by atoms with E-state index in [-0.39, 0.29) is 5.71 Å². The van der Waals surface area contributed by atoms with Gasteiger partial charge >= 0.3 is 12.0 Å². The maximum absolute atomic E-state index is 12.7. The fraction of sp³-hybridized carbons (Fsp3) is 0.286. The number of hydrogen-bond acceptors (Lipinski definition) is 4. The van der Waals surface area contributed by atoms with Gasteiger partial charge in [0.25, 0.3) is 0 Å². The average molecular weight is 311 g/mol. The molecule has 1 aromatic carbocycles. The van der Waals surface area contributed by atoms with E-state index in [0.29, 0.717) is 12.1 Å². The lowest BCUT2D eigenvalue weighted by molar-refractivity contribution is -0.355. The first kappa shape index (κ1) is 14.6. The molecule has 0 radical (unpaired) electrons. The van der Waals surface area contributed by atoms with E-state index in [4.69, 9.17) is 0 Å². The predicted molar refractivity (Wildman–Crippen MR) is 71.0 cm³/mol. The molecule has 116 valence electrons. The van der Waals surface area contributed by atoms with Gasteiger partial charge in [0.15, 0.2) is 0 Å². The molecule has 0 amide bonds. The molecule has 3 rings (SSSR count). The Hall–Kier alpha value is -2.35. The summed E-state index contributed by atoms with van der Waals surface area (Å²) in [4.78, 5) is 8.12. The van der Waals surface area contributed by atoms with Crippen molar-refractivity contribution in [3.8, 4) is 0 Å². The van der Waals surface area contributed by atoms with Gasteiger partial charge in [0.2, 0.25) is 0 Å². The van der Waals surface area contributed by atoms with Crippen LogP contribution in [0.5, 0.6) is 0 Å². The Labute approximate surface area is 123 Å². The standard InChI is InChI=1S/C14H12F3N3O2/c15-14(16,17)13(21)7-12(19-22-13)11-3-1-10(2-4-11)8-20-6-5-18-9-20/h1-6,9,21H,7-8H2. The zero-order valence-corrected chi connectivity index (χ0v) is 11.3. The van der Waals surface area contributed by atoms with E-state index >= 15 is 0 Å². The molecule has 2 aromatic rings. The van der Waals surface area contributed by atoms with Gasteiger partial charge in [0.05, 0.1) is 18.5 Å². The third kappa shape index (κ3) is 2.69. The molecule has 0 bridgehead atoms. The van der Waals surface area contributed by atoms with E-state index in [2.05, 4.69) is 15.0 Å². The van der Waals surface area contributed by atoms with Crippen molar-refractivity contribution in [3.63, 3.8) is 0 Å². The van der Waals surface area contributed by atoms with E-state index in [1.165, 1.54) is 0 Å². The molecule has 1 unspecified atom stereocenters. The van der Waals surface area contributed by atoms with Crippen molar-refractivity contribution in [2.75, 3.05) is 0 Å². The number of aromatic nitrogens is 2. The third-order valence-corrected chi connectivity index (χ3v) is 3.37. The Morgan fingerprint density at radius 3 is 2.55 bits per heavy atom. The van der Waals surface area contributed by atoms with Gasteiger partial charge in [-0.3, -0.25) is 0 Å². The first-order chi connectivity index (χ1) is 10.4. The maximum Gasteiger partial charge on any atom is 0.458 e. The fourth-order valence-electron chi connectivity index (χ4n) is 2.12. The van der Waals surface area contributed by atoms with Gasteiger partial charge in [-0.05, 0) is 11.1 Å². The quantitative estimate of drug-likeness (QED) is 0.946. The van der Waals surface area contributed by atoms with Crippen LogP contribution in [0.25, 0.3) is 0 Å². The van der Waals surface area contributed by atoms with Crippen molar-refractivity contribution < 1.29 is 23.1 Å². The van der Waals surface area contributed by atoms with Crippen LogP contribution < -0.4 is 0 Å². The minimum Gasteiger partial charge on any atom is -0.350 e. The first-order valence-electron chi connectivity index (χ1n) is 6.47. The largest absolute Gasteiger partial charge is 0.458 e. The van der Waals surface area contributed by atoms with Gasteiger partial charge in [0, 0.05) is 18.9 Å². The number of aliphatic hydroxyl groups is 1. The Bertz CT molecular complexity index is 680. The zero-order valence-electron chi connectivity index (χ0n) is 11.3. The molecule has 0 aliphatic carbocycles. The van der Waals surface area contributed by atoms with E-state index < -0.39 is 18.4 Å². The summed E-state index contributed by atoms with van der Waals surface area (Å²) in [6.07, 6.45) is -0.466. The van der Waals surface area contributed by atoms with E-state index in [1.54, 1.807) is 36.8 Å². The first-order valence-corrected chi connectivity index (χ1v) is 6.47. The van der Waals surface area contributed by atoms with E-state index in [9.17, 15) is 18.3 Å². The van der Waals surface area contributed by atoms with Crippen molar-refractivity contribution in [1.82, 2.24) is 9.55 Å². The highest BCUT2D eigenvalue weighted by Gasteiger charge is 2.60. The fourth-order valence-corrected chi connectivity index (χ4v) is 2.12. The summed E-state index contributed by atoms with van der Waals surface area (Å²) in [7, 11) is 0. The number of oxime groups is 1. The lowest BCUT2D eigenvalue weighted by Crippen LogP contribution is -2.45. The highest BCUT2D eigenvalue weighted by atomic mass is 19.4. The van der Waals surface area contributed by atoms with Crippen LogP contribution in [0.2, 0.25) is 0 Å². The smallest absolute Gasteiger partial charge is 0.350 e. The summed E-state index contributed by atoms with van der Waals surface area (Å²) >= 11 is 0. The number of benzene rings is 1. The number of alkyl halides is 3. The molecule has 1 N–H and O–H groups in total. The summed E-state index contributed by atoms with van der Waals surface area (Å²) in [5, 5.41) is 12.8. The van der Waals surface area contributed by atoms with Crippen molar-refractivity contribution in [2.24, 2.45) is 5.16 Å². The second-order valence-electron chi connectivity index (χ2n) is 5.02. The van der Waals surface area contributed by atoms with Crippen LogP contribution in [-0.2, 0) is 11.4 Å². The van der Waals surface area contributed by atoms with Crippen LogP contribution in [-0.4, -0.2) is 32.3 Å². The summed E-state index contributed by atoms with van der Waals surface area (Å²) in [6.45, 7) is 0.607. The third-order valence-electron chi connectivity index (χ3n) is 3.37. The Morgan fingerprint density at radius 1 is 1.27 bits per heavy atom. The van der Waals surface area contributed by atoms with Crippen LogP contribution in [0.15, 0.2) is 48.1 Å². The molecule has 1 aliphatic rings. The molecule has 0 fully saturated rings. The van der Waals surface area contributed by atoms with Gasteiger partial charge < -0.3 is 14.5 Å². The molecule has 1 aromatic heterocycles. The molecular weight excluding hydrogens is 299 g/mol. The lowest BCUT2D eigenvalue weighted by Gasteiger charge is -2.22. The Kier molecular flexibility index (Phi) is 3.40. The van der Waals surface area contributed by atoms with Crippen LogP contribution in [0.1, 0.15) is 17.5 Å². The number of nitrogens with zero attached hydrogens (tertiary/aromatic N) is 3. The topological polar surface area (TPSA) is 59.6 Å². The van der Waals surface area contributed by atoms with Crippen molar-refractivity contribution >= 4 is 5.71 Å². The zero-order chi connectivity index (χ0) is 15.8. The molecule has 22 heavy (non-hydrogen) atoms. The van der Waals surface area contributed by atoms with Crippen molar-refractivity contribution in [2.45, 2.75) is 24.9 Å². The molecule has 0 spiro atoms. The van der Waals surface area contributed by atoms with Crippen LogP contribution >= 0.6 is 0 Å². The number of halogens is 3. The van der Waals surface area contributed by atoms with Gasteiger partial charge in [-0.1, -0.05) is 29.4 Å². The minimum atomic E-state index is -4.89. The van der Waals surface area contributed by atoms with Crippen LogP contribution in [0.3, 0.4) is 0 Å². The molecule has 2 heterocycles.